The van der Waals surface area contributed by atoms with Crippen LogP contribution in [0.4, 0.5) is 0 Å². The fraction of sp³-hybridized carbons (Fsp3) is 0.250. The van der Waals surface area contributed by atoms with E-state index in [4.69, 9.17) is 9.47 Å². The van der Waals surface area contributed by atoms with E-state index in [9.17, 15) is 9.59 Å². The van der Waals surface area contributed by atoms with Gasteiger partial charge in [0.1, 0.15) is 13.2 Å². The molecule has 0 N–H and O–H groups in total. The molecule has 0 aliphatic carbocycles. The summed E-state index contributed by atoms with van der Waals surface area (Å²) in [6.45, 7) is 10.6. The Labute approximate surface area is 118 Å². The maximum absolute atomic E-state index is 12.1. The Morgan fingerprint density at radius 1 is 0.950 bits per heavy atom. The van der Waals surface area contributed by atoms with E-state index in [0.717, 1.165) is 0 Å². The summed E-state index contributed by atoms with van der Waals surface area (Å²) in [5.74, 6) is -1.12. The Kier molecular flexibility index (Phi) is 5.72. The van der Waals surface area contributed by atoms with Gasteiger partial charge in [-0.05, 0) is 25.0 Å². The second kappa shape index (κ2) is 7.28. The highest BCUT2D eigenvalue weighted by atomic mass is 16.5. The molecule has 0 amide bonds. The molecule has 0 atom stereocenters. The van der Waals surface area contributed by atoms with Crippen LogP contribution in [0.1, 0.15) is 31.8 Å². The van der Waals surface area contributed by atoms with Gasteiger partial charge in [0.15, 0.2) is 0 Å². The maximum atomic E-state index is 12.1. The molecule has 0 unspecified atom stereocenters. The molecule has 1 rings (SSSR count). The number of rotatable bonds is 6. The van der Waals surface area contributed by atoms with Crippen LogP contribution in [0.15, 0.2) is 37.4 Å². The predicted molar refractivity (Wildman–Crippen MR) is 76.9 cm³/mol. The summed E-state index contributed by atoms with van der Waals surface area (Å²) in [4.78, 5) is 24.2. The molecular weight excluding hydrogens is 256 g/mol. The lowest BCUT2D eigenvalue weighted by Gasteiger charge is -2.13. The lowest BCUT2D eigenvalue weighted by atomic mass is 9.97. The summed E-state index contributed by atoms with van der Waals surface area (Å²) in [7, 11) is 0. The monoisotopic (exact) mass is 274 g/mol. The second-order valence-electron chi connectivity index (χ2n) is 4.22. The normalized spacial score (nSPS) is 9.70. The minimum absolute atomic E-state index is 0.0906. The van der Waals surface area contributed by atoms with Crippen LogP contribution in [0.5, 0.6) is 0 Å². The van der Waals surface area contributed by atoms with Gasteiger partial charge in [-0.3, -0.25) is 0 Å². The molecule has 0 bridgehead atoms. The third kappa shape index (κ3) is 3.57. The molecule has 0 radical (unpaired) electrons. The van der Waals surface area contributed by atoms with Crippen molar-refractivity contribution in [1.29, 1.82) is 0 Å². The number of hydrogen-bond donors (Lipinski definition) is 0. The van der Waals surface area contributed by atoms with Gasteiger partial charge < -0.3 is 9.47 Å². The first-order chi connectivity index (χ1) is 9.52. The molecule has 0 fully saturated rings. The van der Waals surface area contributed by atoms with Gasteiger partial charge in [-0.1, -0.05) is 37.4 Å². The molecule has 0 spiro atoms. The molecular formula is C16H18O4. The van der Waals surface area contributed by atoms with Gasteiger partial charge in [0.2, 0.25) is 0 Å². The Balaban J connectivity index is 3.23. The molecule has 20 heavy (non-hydrogen) atoms. The Morgan fingerprint density at radius 2 is 1.30 bits per heavy atom. The highest BCUT2D eigenvalue weighted by Gasteiger charge is 2.23. The van der Waals surface area contributed by atoms with E-state index in [0.29, 0.717) is 11.1 Å². The first-order valence-corrected chi connectivity index (χ1v) is 6.19. The quantitative estimate of drug-likeness (QED) is 0.591. The van der Waals surface area contributed by atoms with Crippen LogP contribution in [0.2, 0.25) is 0 Å². The largest absolute Gasteiger partial charge is 0.458 e. The van der Waals surface area contributed by atoms with E-state index < -0.39 is 11.9 Å². The number of ether oxygens (including phenoxy) is 2. The summed E-state index contributed by atoms with van der Waals surface area (Å²) in [5, 5.41) is 0. The average Bonchev–Trinajstić information content (AvgIpc) is 2.44. The molecule has 0 aromatic heterocycles. The van der Waals surface area contributed by atoms with E-state index in [2.05, 4.69) is 13.2 Å². The standard InChI is InChI=1S/C16H18O4/c1-5-9-19-15(17)13-11(3)7-8-12(4)14(13)16(18)20-10-6-2/h5-8H,1-2,9-10H2,3-4H3. The minimum Gasteiger partial charge on any atom is -0.458 e. The van der Waals surface area contributed by atoms with Crippen molar-refractivity contribution >= 4 is 11.9 Å². The first-order valence-electron chi connectivity index (χ1n) is 6.19. The third-order valence-electron chi connectivity index (χ3n) is 2.69. The van der Waals surface area contributed by atoms with Crippen molar-refractivity contribution < 1.29 is 19.1 Å². The Bertz CT molecular complexity index is 495. The van der Waals surface area contributed by atoms with Crippen LogP contribution >= 0.6 is 0 Å². The van der Waals surface area contributed by atoms with Crippen molar-refractivity contribution in [2.45, 2.75) is 13.8 Å². The molecule has 0 aliphatic rings. The molecule has 0 heterocycles. The molecule has 4 nitrogen and oxygen atoms in total. The van der Waals surface area contributed by atoms with Crippen molar-refractivity contribution in [1.82, 2.24) is 0 Å². The lowest BCUT2D eigenvalue weighted by molar-refractivity contribution is 0.0501. The summed E-state index contributed by atoms with van der Waals surface area (Å²) in [6.07, 6.45) is 2.94. The van der Waals surface area contributed by atoms with Crippen LogP contribution in [0.3, 0.4) is 0 Å². The number of aryl methyl sites for hydroxylation is 2. The van der Waals surface area contributed by atoms with Gasteiger partial charge in [-0.25, -0.2) is 9.59 Å². The minimum atomic E-state index is -0.559. The maximum Gasteiger partial charge on any atom is 0.339 e. The lowest BCUT2D eigenvalue weighted by Crippen LogP contribution is -2.17. The molecule has 0 saturated heterocycles. The van der Waals surface area contributed by atoms with Crippen LogP contribution < -0.4 is 0 Å². The second-order valence-corrected chi connectivity index (χ2v) is 4.22. The predicted octanol–water partition coefficient (Wildman–Crippen LogP) is 2.99. The van der Waals surface area contributed by atoms with Crippen LogP contribution in [0, 0.1) is 13.8 Å². The van der Waals surface area contributed by atoms with Crippen LogP contribution in [-0.4, -0.2) is 25.2 Å². The molecule has 106 valence electrons. The van der Waals surface area contributed by atoms with Crippen molar-refractivity contribution in [3.05, 3.63) is 59.7 Å². The number of carbonyl (C=O) groups excluding carboxylic acids is 2. The van der Waals surface area contributed by atoms with Gasteiger partial charge in [-0.15, -0.1) is 0 Å². The van der Waals surface area contributed by atoms with Crippen molar-refractivity contribution in [3.8, 4) is 0 Å². The number of esters is 2. The molecule has 0 aliphatic heterocycles. The fourth-order valence-corrected chi connectivity index (χ4v) is 1.75. The molecule has 0 saturated carbocycles. The average molecular weight is 274 g/mol. The topological polar surface area (TPSA) is 52.6 Å². The zero-order chi connectivity index (χ0) is 15.1. The number of hydrogen-bond acceptors (Lipinski definition) is 4. The zero-order valence-corrected chi connectivity index (χ0v) is 11.8. The van der Waals surface area contributed by atoms with E-state index in [-0.39, 0.29) is 24.3 Å². The zero-order valence-electron chi connectivity index (χ0n) is 11.8. The number of carbonyl (C=O) groups is 2. The summed E-state index contributed by atoms with van der Waals surface area (Å²) in [6, 6.07) is 3.54. The summed E-state index contributed by atoms with van der Waals surface area (Å²) >= 11 is 0. The van der Waals surface area contributed by atoms with Gasteiger partial charge in [0.05, 0.1) is 11.1 Å². The highest BCUT2D eigenvalue weighted by Crippen LogP contribution is 2.21. The van der Waals surface area contributed by atoms with Crippen LogP contribution in [-0.2, 0) is 9.47 Å². The van der Waals surface area contributed by atoms with Gasteiger partial charge in [0, 0.05) is 0 Å². The van der Waals surface area contributed by atoms with Crippen molar-refractivity contribution in [2.24, 2.45) is 0 Å². The summed E-state index contributed by atoms with van der Waals surface area (Å²) < 4.78 is 10.0. The van der Waals surface area contributed by atoms with E-state index in [1.807, 2.05) is 0 Å². The van der Waals surface area contributed by atoms with E-state index in [1.54, 1.807) is 26.0 Å². The fourth-order valence-electron chi connectivity index (χ4n) is 1.75. The van der Waals surface area contributed by atoms with Gasteiger partial charge in [0.25, 0.3) is 0 Å². The molecule has 1 aromatic rings. The SMILES string of the molecule is C=CCOC(=O)c1c(C)ccc(C)c1C(=O)OCC=C. The van der Waals surface area contributed by atoms with E-state index in [1.165, 1.54) is 12.2 Å². The summed E-state index contributed by atoms with van der Waals surface area (Å²) in [5.41, 5.74) is 1.80. The van der Waals surface area contributed by atoms with Crippen molar-refractivity contribution in [2.75, 3.05) is 13.2 Å². The number of benzene rings is 1. The third-order valence-corrected chi connectivity index (χ3v) is 2.69. The van der Waals surface area contributed by atoms with Crippen molar-refractivity contribution in [3.63, 3.8) is 0 Å². The van der Waals surface area contributed by atoms with Gasteiger partial charge >= 0.3 is 11.9 Å². The Hall–Kier alpha value is -2.36. The van der Waals surface area contributed by atoms with Gasteiger partial charge in [-0.2, -0.15) is 0 Å². The first kappa shape index (κ1) is 15.7. The highest BCUT2D eigenvalue weighted by molar-refractivity contribution is 6.05. The smallest absolute Gasteiger partial charge is 0.339 e. The molecule has 4 heteroatoms. The van der Waals surface area contributed by atoms with E-state index >= 15 is 0 Å². The Morgan fingerprint density at radius 3 is 1.60 bits per heavy atom. The molecule has 1 aromatic carbocycles. The van der Waals surface area contributed by atoms with Crippen LogP contribution in [0.25, 0.3) is 0 Å².